The zero-order valence-electron chi connectivity index (χ0n) is 11.6. The number of halogens is 4. The predicted octanol–water partition coefficient (Wildman–Crippen LogP) is 4.73. The molecule has 0 saturated heterocycles. The van der Waals surface area contributed by atoms with Crippen molar-refractivity contribution >= 4 is 11.6 Å². The highest BCUT2D eigenvalue weighted by Gasteiger charge is 2.27. The van der Waals surface area contributed by atoms with Crippen LogP contribution < -0.4 is 10.1 Å². The van der Waals surface area contributed by atoms with Gasteiger partial charge in [0.05, 0.1) is 18.1 Å². The van der Waals surface area contributed by atoms with E-state index in [-0.39, 0.29) is 11.8 Å². The van der Waals surface area contributed by atoms with Crippen LogP contribution in [0.2, 0.25) is 5.02 Å². The van der Waals surface area contributed by atoms with Crippen molar-refractivity contribution in [2.24, 2.45) is 0 Å². The zero-order valence-corrected chi connectivity index (χ0v) is 12.3. The van der Waals surface area contributed by atoms with E-state index in [1.807, 2.05) is 13.0 Å². The minimum Gasteiger partial charge on any atom is -0.492 e. The third kappa shape index (κ3) is 6.01. The molecule has 0 amide bonds. The number of rotatable bonds is 7. The highest BCUT2D eigenvalue weighted by molar-refractivity contribution is 6.32. The minimum atomic E-state index is -4.22. The Morgan fingerprint density at radius 3 is 2.60 bits per heavy atom. The zero-order chi connectivity index (χ0) is 15.2. The summed E-state index contributed by atoms with van der Waals surface area (Å²) in [5, 5.41) is 3.64. The summed E-state index contributed by atoms with van der Waals surface area (Å²) in [6.45, 7) is 4.55. The molecule has 0 bridgehead atoms. The van der Waals surface area contributed by atoms with E-state index in [4.69, 9.17) is 16.3 Å². The molecule has 0 heterocycles. The monoisotopic (exact) mass is 309 g/mol. The average molecular weight is 310 g/mol. The van der Waals surface area contributed by atoms with Gasteiger partial charge in [0.2, 0.25) is 0 Å². The highest BCUT2D eigenvalue weighted by Crippen LogP contribution is 2.29. The van der Waals surface area contributed by atoms with Crippen LogP contribution in [0.15, 0.2) is 18.2 Å². The number of ether oxygens (including phenoxy) is 1. The van der Waals surface area contributed by atoms with E-state index in [1.54, 1.807) is 12.1 Å². The van der Waals surface area contributed by atoms with Gasteiger partial charge in [-0.05, 0) is 37.6 Å². The lowest BCUT2D eigenvalue weighted by molar-refractivity contribution is -0.139. The van der Waals surface area contributed by atoms with Crippen molar-refractivity contribution in [3.63, 3.8) is 0 Å². The van der Waals surface area contributed by atoms with Crippen molar-refractivity contribution in [3.8, 4) is 5.75 Å². The predicted molar refractivity (Wildman–Crippen MR) is 74.3 cm³/mol. The molecule has 0 aliphatic carbocycles. The SMILES string of the molecule is CCCNC(C)c1ccc(OCCC(F)(F)F)c(Cl)c1. The Morgan fingerprint density at radius 1 is 1.35 bits per heavy atom. The first-order valence-corrected chi connectivity index (χ1v) is 6.93. The number of nitrogens with one attached hydrogen (secondary N) is 1. The normalized spacial score (nSPS) is 13.3. The average Bonchev–Trinajstić information content (AvgIpc) is 2.36. The van der Waals surface area contributed by atoms with E-state index >= 15 is 0 Å². The van der Waals surface area contributed by atoms with Gasteiger partial charge in [-0.1, -0.05) is 24.6 Å². The summed E-state index contributed by atoms with van der Waals surface area (Å²) in [6.07, 6.45) is -4.18. The molecule has 1 aromatic rings. The third-order valence-electron chi connectivity index (χ3n) is 2.80. The van der Waals surface area contributed by atoms with Gasteiger partial charge in [-0.15, -0.1) is 0 Å². The standard InChI is InChI=1S/C14H19ClF3NO/c1-3-7-19-10(2)11-4-5-13(12(15)9-11)20-8-6-14(16,17)18/h4-5,9-10,19H,3,6-8H2,1-2H3. The van der Waals surface area contributed by atoms with Crippen LogP contribution in [0.1, 0.15) is 38.3 Å². The van der Waals surface area contributed by atoms with Gasteiger partial charge in [-0.3, -0.25) is 0 Å². The number of hydrogen-bond acceptors (Lipinski definition) is 2. The maximum atomic E-state index is 12.0. The minimum absolute atomic E-state index is 0.136. The van der Waals surface area contributed by atoms with Gasteiger partial charge in [-0.25, -0.2) is 0 Å². The highest BCUT2D eigenvalue weighted by atomic mass is 35.5. The summed E-state index contributed by atoms with van der Waals surface area (Å²) < 4.78 is 41.1. The van der Waals surface area contributed by atoms with E-state index in [2.05, 4.69) is 12.2 Å². The van der Waals surface area contributed by atoms with Crippen LogP contribution >= 0.6 is 11.6 Å². The van der Waals surface area contributed by atoms with Gasteiger partial charge in [0.15, 0.2) is 0 Å². The van der Waals surface area contributed by atoms with E-state index in [1.165, 1.54) is 0 Å². The molecular formula is C14H19ClF3NO. The number of hydrogen-bond donors (Lipinski definition) is 1. The van der Waals surface area contributed by atoms with Crippen LogP contribution in [0.3, 0.4) is 0 Å². The number of benzene rings is 1. The molecule has 1 aromatic carbocycles. The van der Waals surface area contributed by atoms with Gasteiger partial charge in [0, 0.05) is 6.04 Å². The summed E-state index contributed by atoms with van der Waals surface area (Å²) in [6, 6.07) is 5.27. The van der Waals surface area contributed by atoms with Gasteiger partial charge in [0.1, 0.15) is 5.75 Å². The van der Waals surface area contributed by atoms with Gasteiger partial charge in [-0.2, -0.15) is 13.2 Å². The van der Waals surface area contributed by atoms with Gasteiger partial charge < -0.3 is 10.1 Å². The maximum Gasteiger partial charge on any atom is 0.392 e. The molecular weight excluding hydrogens is 291 g/mol. The number of alkyl halides is 3. The molecule has 114 valence electrons. The van der Waals surface area contributed by atoms with Crippen molar-refractivity contribution in [1.82, 2.24) is 5.32 Å². The molecule has 20 heavy (non-hydrogen) atoms. The Hall–Kier alpha value is -0.940. The van der Waals surface area contributed by atoms with Gasteiger partial charge >= 0.3 is 6.18 Å². The second-order valence-corrected chi connectivity index (χ2v) is 4.99. The Morgan fingerprint density at radius 2 is 2.05 bits per heavy atom. The van der Waals surface area contributed by atoms with E-state index < -0.39 is 19.2 Å². The fraction of sp³-hybridized carbons (Fsp3) is 0.571. The fourth-order valence-corrected chi connectivity index (χ4v) is 1.90. The van der Waals surface area contributed by atoms with Crippen molar-refractivity contribution in [2.45, 2.75) is 38.9 Å². The maximum absolute atomic E-state index is 12.0. The summed E-state index contributed by atoms with van der Waals surface area (Å²) in [5.41, 5.74) is 0.978. The molecule has 0 spiro atoms. The molecule has 0 aliphatic heterocycles. The first kappa shape index (κ1) is 17.1. The molecule has 0 radical (unpaired) electrons. The molecule has 1 atom stereocenters. The molecule has 1 N–H and O–H groups in total. The first-order valence-electron chi connectivity index (χ1n) is 6.56. The van der Waals surface area contributed by atoms with Crippen LogP contribution in [0.5, 0.6) is 5.75 Å². The summed E-state index contributed by atoms with van der Waals surface area (Å²) >= 11 is 6.02. The molecule has 2 nitrogen and oxygen atoms in total. The lowest BCUT2D eigenvalue weighted by Gasteiger charge is -2.15. The molecule has 0 aromatic heterocycles. The van der Waals surface area contributed by atoms with Crippen molar-refractivity contribution < 1.29 is 17.9 Å². The molecule has 1 unspecified atom stereocenters. The van der Waals surface area contributed by atoms with Crippen molar-refractivity contribution in [2.75, 3.05) is 13.2 Å². The van der Waals surface area contributed by atoms with Crippen LogP contribution in [-0.4, -0.2) is 19.3 Å². The van der Waals surface area contributed by atoms with Crippen LogP contribution in [0.4, 0.5) is 13.2 Å². The molecule has 6 heteroatoms. The summed E-state index contributed by atoms with van der Waals surface area (Å²) in [7, 11) is 0. The Balaban J connectivity index is 2.59. The van der Waals surface area contributed by atoms with Gasteiger partial charge in [0.25, 0.3) is 0 Å². The summed E-state index contributed by atoms with van der Waals surface area (Å²) in [5.74, 6) is 0.280. The van der Waals surface area contributed by atoms with E-state index in [9.17, 15) is 13.2 Å². The molecule has 1 rings (SSSR count). The van der Waals surface area contributed by atoms with E-state index in [0.29, 0.717) is 5.02 Å². The van der Waals surface area contributed by atoms with Crippen molar-refractivity contribution in [1.29, 1.82) is 0 Å². The Kier molecular flexibility index (Phi) is 6.62. The van der Waals surface area contributed by atoms with Crippen LogP contribution in [0, 0.1) is 0 Å². The second kappa shape index (κ2) is 7.74. The smallest absolute Gasteiger partial charge is 0.392 e. The molecule has 0 fully saturated rings. The molecule has 0 saturated carbocycles. The second-order valence-electron chi connectivity index (χ2n) is 4.58. The van der Waals surface area contributed by atoms with E-state index in [0.717, 1.165) is 18.5 Å². The van der Waals surface area contributed by atoms with Crippen molar-refractivity contribution in [3.05, 3.63) is 28.8 Å². The topological polar surface area (TPSA) is 21.3 Å². The Bertz CT molecular complexity index is 423. The quantitative estimate of drug-likeness (QED) is 0.786. The fourth-order valence-electron chi connectivity index (χ4n) is 1.66. The largest absolute Gasteiger partial charge is 0.492 e. The van der Waals surface area contributed by atoms with Crippen LogP contribution in [0.25, 0.3) is 0 Å². The Labute approximate surface area is 122 Å². The third-order valence-corrected chi connectivity index (χ3v) is 3.09. The first-order chi connectivity index (χ1) is 9.33. The lowest BCUT2D eigenvalue weighted by Crippen LogP contribution is -2.19. The summed E-state index contributed by atoms with van der Waals surface area (Å²) in [4.78, 5) is 0. The van der Waals surface area contributed by atoms with Crippen LogP contribution in [-0.2, 0) is 0 Å². The molecule has 0 aliphatic rings. The lowest BCUT2D eigenvalue weighted by atomic mass is 10.1.